The molecule has 25 heavy (non-hydrogen) atoms. The second kappa shape index (κ2) is 10.0. The van der Waals surface area contributed by atoms with Crippen LogP contribution in [-0.2, 0) is 20.7 Å². The van der Waals surface area contributed by atoms with Crippen molar-refractivity contribution < 1.29 is 19.1 Å². The van der Waals surface area contributed by atoms with Crippen LogP contribution in [0.4, 0.5) is 0 Å². The van der Waals surface area contributed by atoms with Gasteiger partial charge in [0.05, 0.1) is 6.61 Å². The van der Waals surface area contributed by atoms with Crippen molar-refractivity contribution in [3.8, 4) is 5.75 Å². The number of amides is 1. The van der Waals surface area contributed by atoms with Gasteiger partial charge in [-0.15, -0.1) is 0 Å². The quantitative estimate of drug-likeness (QED) is 0.699. The topological polar surface area (TPSA) is 76.7 Å². The molecule has 6 heteroatoms. The van der Waals surface area contributed by atoms with E-state index in [-0.39, 0.29) is 24.4 Å². The van der Waals surface area contributed by atoms with Crippen LogP contribution >= 0.6 is 0 Å². The summed E-state index contributed by atoms with van der Waals surface area (Å²) in [7, 11) is 0. The van der Waals surface area contributed by atoms with Crippen molar-refractivity contribution in [3.63, 3.8) is 0 Å². The van der Waals surface area contributed by atoms with Crippen molar-refractivity contribution in [2.24, 2.45) is 5.92 Å². The lowest BCUT2D eigenvalue weighted by atomic mass is 9.92. The van der Waals surface area contributed by atoms with E-state index in [1.165, 1.54) is 0 Å². The lowest BCUT2D eigenvalue weighted by Crippen LogP contribution is -2.42. The Bertz CT molecular complexity index is 559. The van der Waals surface area contributed by atoms with Crippen LogP contribution in [0.3, 0.4) is 0 Å². The molecule has 0 bridgehead atoms. The van der Waals surface area contributed by atoms with Crippen molar-refractivity contribution in [2.45, 2.75) is 39.2 Å². The number of benzene rings is 1. The highest BCUT2D eigenvalue weighted by Crippen LogP contribution is 2.16. The van der Waals surface area contributed by atoms with Crippen molar-refractivity contribution in [3.05, 3.63) is 29.8 Å². The molecular weight excluding hydrogens is 320 g/mol. The molecule has 0 aromatic heterocycles. The molecule has 1 aromatic carbocycles. The lowest BCUT2D eigenvalue weighted by molar-refractivity contribution is -0.145. The molecule has 1 amide bonds. The Hall–Kier alpha value is -2.08. The molecule has 1 heterocycles. The predicted octanol–water partition coefficient (Wildman–Crippen LogP) is 1.68. The molecule has 1 aliphatic rings. The molecule has 6 nitrogen and oxygen atoms in total. The fraction of sp³-hybridized carbons (Fsp3) is 0.579. The highest BCUT2D eigenvalue weighted by Gasteiger charge is 2.24. The van der Waals surface area contributed by atoms with E-state index >= 15 is 0 Å². The average molecular weight is 348 g/mol. The highest BCUT2D eigenvalue weighted by molar-refractivity contribution is 5.78. The first-order valence-corrected chi connectivity index (χ1v) is 8.97. The van der Waals surface area contributed by atoms with Gasteiger partial charge < -0.3 is 20.1 Å². The molecular formula is C19H28N2O4. The van der Waals surface area contributed by atoms with E-state index in [1.807, 2.05) is 24.3 Å². The first-order chi connectivity index (χ1) is 12.1. The maximum absolute atomic E-state index is 12.2. The fourth-order valence-electron chi connectivity index (χ4n) is 2.94. The van der Waals surface area contributed by atoms with Gasteiger partial charge in [0.15, 0.2) is 6.61 Å². The largest absolute Gasteiger partial charge is 0.482 e. The summed E-state index contributed by atoms with van der Waals surface area (Å²) in [5.74, 6) is 0.531. The number of hydrogen-bond acceptors (Lipinski definition) is 5. The van der Waals surface area contributed by atoms with Gasteiger partial charge in [0.25, 0.3) is 0 Å². The van der Waals surface area contributed by atoms with Crippen LogP contribution in [0.15, 0.2) is 24.3 Å². The molecule has 0 spiro atoms. The maximum Gasteiger partial charge on any atom is 0.344 e. The van der Waals surface area contributed by atoms with Gasteiger partial charge in [0, 0.05) is 18.5 Å². The summed E-state index contributed by atoms with van der Waals surface area (Å²) in [6.45, 7) is 5.68. The molecule has 0 saturated carbocycles. The maximum atomic E-state index is 12.2. The third kappa shape index (κ3) is 6.74. The Kier molecular flexibility index (Phi) is 7.73. The lowest BCUT2D eigenvalue weighted by Gasteiger charge is -2.27. The smallest absolute Gasteiger partial charge is 0.344 e. The molecule has 2 atom stereocenters. The molecule has 0 unspecified atom stereocenters. The standard InChI is InChI=1S/C19H28N2O4/c1-3-24-18(22)13-25-17-6-4-15(5-7-17)8-10-21-19(23)16-9-11-20-14(2)12-16/h4-7,14,16,20H,3,8-13H2,1-2H3,(H,21,23)/t14-,16-/m0/s1. The Labute approximate surface area is 149 Å². The van der Waals surface area contributed by atoms with Crippen LogP contribution < -0.4 is 15.4 Å². The van der Waals surface area contributed by atoms with Crippen LogP contribution in [0.2, 0.25) is 0 Å². The van der Waals surface area contributed by atoms with Crippen LogP contribution in [0.25, 0.3) is 0 Å². The second-order valence-corrected chi connectivity index (χ2v) is 6.36. The van der Waals surface area contributed by atoms with Gasteiger partial charge in [0.1, 0.15) is 5.75 Å². The summed E-state index contributed by atoms with van der Waals surface area (Å²) in [5.41, 5.74) is 1.11. The van der Waals surface area contributed by atoms with E-state index in [1.54, 1.807) is 6.92 Å². The number of hydrogen-bond donors (Lipinski definition) is 2. The number of rotatable bonds is 8. The molecule has 0 aliphatic carbocycles. The highest BCUT2D eigenvalue weighted by atomic mass is 16.6. The van der Waals surface area contributed by atoms with Crippen molar-refractivity contribution in [1.82, 2.24) is 10.6 Å². The van der Waals surface area contributed by atoms with Crippen molar-refractivity contribution in [1.29, 1.82) is 0 Å². The SMILES string of the molecule is CCOC(=O)COc1ccc(CCNC(=O)[C@H]2CCN[C@@H](C)C2)cc1. The van der Waals surface area contributed by atoms with Gasteiger partial charge in [-0.2, -0.15) is 0 Å². The Balaban J connectivity index is 1.69. The molecule has 1 aliphatic heterocycles. The summed E-state index contributed by atoms with van der Waals surface area (Å²) < 4.78 is 10.2. The zero-order chi connectivity index (χ0) is 18.1. The van der Waals surface area contributed by atoms with E-state index < -0.39 is 0 Å². The Morgan fingerprint density at radius 3 is 2.72 bits per heavy atom. The number of carbonyl (C=O) groups excluding carboxylic acids is 2. The number of ether oxygens (including phenoxy) is 2. The number of piperidine rings is 1. The Morgan fingerprint density at radius 1 is 1.28 bits per heavy atom. The summed E-state index contributed by atoms with van der Waals surface area (Å²) in [6, 6.07) is 7.94. The third-order valence-electron chi connectivity index (χ3n) is 4.29. The van der Waals surface area contributed by atoms with Gasteiger partial charge in [-0.05, 0) is 57.4 Å². The summed E-state index contributed by atoms with van der Waals surface area (Å²) in [6.07, 6.45) is 2.57. The van der Waals surface area contributed by atoms with E-state index in [0.29, 0.717) is 24.9 Å². The molecule has 1 saturated heterocycles. The molecule has 0 radical (unpaired) electrons. The minimum atomic E-state index is -0.374. The molecule has 138 valence electrons. The van der Waals surface area contributed by atoms with E-state index in [9.17, 15) is 9.59 Å². The van der Waals surface area contributed by atoms with Crippen LogP contribution in [-0.4, -0.2) is 44.2 Å². The molecule has 1 aromatic rings. The van der Waals surface area contributed by atoms with E-state index in [4.69, 9.17) is 9.47 Å². The monoisotopic (exact) mass is 348 g/mol. The number of carbonyl (C=O) groups is 2. The predicted molar refractivity (Wildman–Crippen MR) is 95.5 cm³/mol. The van der Waals surface area contributed by atoms with Gasteiger partial charge >= 0.3 is 5.97 Å². The van der Waals surface area contributed by atoms with E-state index in [2.05, 4.69) is 17.6 Å². The zero-order valence-electron chi connectivity index (χ0n) is 15.0. The van der Waals surface area contributed by atoms with Crippen LogP contribution in [0, 0.1) is 5.92 Å². The van der Waals surface area contributed by atoms with Crippen molar-refractivity contribution >= 4 is 11.9 Å². The fourth-order valence-corrected chi connectivity index (χ4v) is 2.94. The van der Waals surface area contributed by atoms with Gasteiger partial charge in [0.2, 0.25) is 5.91 Å². The normalized spacial score (nSPS) is 19.9. The first kappa shape index (κ1) is 19.2. The first-order valence-electron chi connectivity index (χ1n) is 8.97. The second-order valence-electron chi connectivity index (χ2n) is 6.36. The van der Waals surface area contributed by atoms with E-state index in [0.717, 1.165) is 31.4 Å². The van der Waals surface area contributed by atoms with Gasteiger partial charge in [-0.25, -0.2) is 4.79 Å². The summed E-state index contributed by atoms with van der Waals surface area (Å²) in [4.78, 5) is 23.4. The summed E-state index contributed by atoms with van der Waals surface area (Å²) >= 11 is 0. The minimum absolute atomic E-state index is 0.0854. The number of esters is 1. The third-order valence-corrected chi connectivity index (χ3v) is 4.29. The summed E-state index contributed by atoms with van der Waals surface area (Å²) in [5, 5.41) is 6.39. The zero-order valence-corrected chi connectivity index (χ0v) is 15.0. The molecule has 2 rings (SSSR count). The average Bonchev–Trinajstić information content (AvgIpc) is 2.61. The van der Waals surface area contributed by atoms with Crippen LogP contribution in [0.5, 0.6) is 5.75 Å². The molecule has 2 N–H and O–H groups in total. The minimum Gasteiger partial charge on any atom is -0.482 e. The molecule has 1 fully saturated rings. The number of nitrogens with one attached hydrogen (secondary N) is 2. The van der Waals surface area contributed by atoms with Gasteiger partial charge in [-0.1, -0.05) is 12.1 Å². The van der Waals surface area contributed by atoms with Crippen LogP contribution in [0.1, 0.15) is 32.3 Å². The Morgan fingerprint density at radius 2 is 2.04 bits per heavy atom. The van der Waals surface area contributed by atoms with Crippen molar-refractivity contribution in [2.75, 3.05) is 26.3 Å². The van der Waals surface area contributed by atoms with Gasteiger partial charge in [-0.3, -0.25) is 4.79 Å².